The third-order valence-electron chi connectivity index (χ3n) is 5.87. The zero-order valence-corrected chi connectivity index (χ0v) is 17.4. The van der Waals surface area contributed by atoms with Gasteiger partial charge in [0.25, 0.3) is 0 Å². The van der Waals surface area contributed by atoms with Gasteiger partial charge in [-0.3, -0.25) is 9.59 Å². The molecule has 8 nitrogen and oxygen atoms in total. The van der Waals surface area contributed by atoms with Gasteiger partial charge in [0.05, 0.1) is 22.1 Å². The van der Waals surface area contributed by atoms with Crippen molar-refractivity contribution in [3.8, 4) is 11.5 Å². The van der Waals surface area contributed by atoms with E-state index in [1.807, 2.05) is 0 Å². The number of esters is 1. The zero-order chi connectivity index (χ0) is 24.0. The van der Waals surface area contributed by atoms with Gasteiger partial charge in [0.1, 0.15) is 17.3 Å². The zero-order valence-electron chi connectivity index (χ0n) is 17.4. The van der Waals surface area contributed by atoms with Gasteiger partial charge in [-0.2, -0.15) is 0 Å². The lowest BCUT2D eigenvalue weighted by atomic mass is 9.75. The van der Waals surface area contributed by atoms with Crippen LogP contribution in [0.3, 0.4) is 0 Å². The second-order valence-corrected chi connectivity index (χ2v) is 7.81. The summed E-state index contributed by atoms with van der Waals surface area (Å²) in [6, 6.07) is 17.8. The van der Waals surface area contributed by atoms with E-state index in [1.165, 1.54) is 48.5 Å². The summed E-state index contributed by atoms with van der Waals surface area (Å²) in [5.74, 6) is -5.77. The van der Waals surface area contributed by atoms with E-state index in [-0.39, 0.29) is 33.8 Å². The summed E-state index contributed by atoms with van der Waals surface area (Å²) < 4.78 is 11.0. The molecular formula is C26H16O8. The maximum atomic E-state index is 13.5. The maximum Gasteiger partial charge on any atom is 0.343 e. The monoisotopic (exact) mass is 456 g/mol. The molecule has 0 saturated heterocycles. The first-order valence-corrected chi connectivity index (χ1v) is 10.3. The summed E-state index contributed by atoms with van der Waals surface area (Å²) in [4.78, 5) is 51.1. The Morgan fingerprint density at radius 2 is 1.53 bits per heavy atom. The third-order valence-corrected chi connectivity index (χ3v) is 5.87. The molecule has 4 aromatic rings. The number of fused-ring (bicyclic) bond motifs is 3. The van der Waals surface area contributed by atoms with E-state index in [4.69, 9.17) is 9.15 Å². The fourth-order valence-electron chi connectivity index (χ4n) is 4.28. The first-order valence-electron chi connectivity index (χ1n) is 10.3. The van der Waals surface area contributed by atoms with Crippen LogP contribution in [-0.4, -0.2) is 27.9 Å². The summed E-state index contributed by atoms with van der Waals surface area (Å²) >= 11 is 0. The topological polar surface area (TPSA) is 131 Å². The molecule has 2 N–H and O–H groups in total. The number of benzene rings is 3. The van der Waals surface area contributed by atoms with Gasteiger partial charge >= 0.3 is 17.6 Å². The Morgan fingerprint density at radius 3 is 2.24 bits per heavy atom. The van der Waals surface area contributed by atoms with Crippen LogP contribution in [0.25, 0.3) is 11.0 Å². The van der Waals surface area contributed by atoms with E-state index in [1.54, 1.807) is 24.3 Å². The van der Waals surface area contributed by atoms with Crippen molar-refractivity contribution in [2.45, 2.75) is 5.92 Å². The number of hydrogen-bond acceptors (Lipinski definition) is 7. The molecular weight excluding hydrogens is 440 g/mol. The van der Waals surface area contributed by atoms with Crippen LogP contribution in [0.15, 0.2) is 82.0 Å². The van der Waals surface area contributed by atoms with E-state index in [9.17, 15) is 29.4 Å². The minimum Gasteiger partial charge on any atom is -0.507 e. The average molecular weight is 456 g/mol. The van der Waals surface area contributed by atoms with E-state index < -0.39 is 35.2 Å². The van der Waals surface area contributed by atoms with Crippen molar-refractivity contribution in [3.63, 3.8) is 0 Å². The van der Waals surface area contributed by atoms with E-state index in [0.717, 1.165) is 0 Å². The molecule has 0 spiro atoms. The second kappa shape index (κ2) is 8.00. The number of ketones is 1. The van der Waals surface area contributed by atoms with Crippen molar-refractivity contribution in [1.82, 2.24) is 0 Å². The molecule has 34 heavy (non-hydrogen) atoms. The van der Waals surface area contributed by atoms with Crippen LogP contribution in [-0.2, 0) is 4.79 Å². The normalized spacial score (nSPS) is 17.1. The molecule has 0 amide bonds. The number of phenols is 1. The number of phenolic OH excluding ortho intramolecular Hbond substituents is 1. The number of carbonyl (C=O) groups excluding carboxylic acids is 2. The number of hydrogen-bond donors (Lipinski definition) is 2. The minimum atomic E-state index is -1.51. The van der Waals surface area contributed by atoms with Gasteiger partial charge in [-0.05, 0) is 42.0 Å². The summed E-state index contributed by atoms with van der Waals surface area (Å²) in [6.07, 6.45) is 0. The summed E-state index contributed by atoms with van der Waals surface area (Å²) in [5, 5.41) is 19.9. The number of carbonyl (C=O) groups is 3. The number of ether oxygens (including phenoxy) is 1. The molecule has 1 aromatic heterocycles. The van der Waals surface area contributed by atoms with E-state index in [0.29, 0.717) is 10.9 Å². The lowest BCUT2D eigenvalue weighted by Crippen LogP contribution is -2.40. The first-order chi connectivity index (χ1) is 16.4. The Morgan fingerprint density at radius 1 is 0.853 bits per heavy atom. The molecule has 2 heterocycles. The van der Waals surface area contributed by atoms with Gasteiger partial charge in [-0.25, -0.2) is 9.59 Å². The number of carboxylic acids is 1. The lowest BCUT2D eigenvalue weighted by molar-refractivity contribution is -0.138. The van der Waals surface area contributed by atoms with Gasteiger partial charge in [-0.15, -0.1) is 0 Å². The quantitative estimate of drug-likeness (QED) is 0.205. The molecule has 168 valence electrons. The molecule has 2 atom stereocenters. The minimum absolute atomic E-state index is 0.00325. The van der Waals surface area contributed by atoms with E-state index in [2.05, 4.69) is 0 Å². The Kier molecular flexibility index (Phi) is 4.98. The Hall–Kier alpha value is -4.72. The summed E-state index contributed by atoms with van der Waals surface area (Å²) in [5.41, 5.74) is -0.371. The number of Topliss-reactive ketones (excluding diaryl/α,β-unsaturated/α-hetero) is 1. The van der Waals surface area contributed by atoms with Crippen LogP contribution in [0.1, 0.15) is 37.8 Å². The van der Waals surface area contributed by atoms with Crippen molar-refractivity contribution in [2.75, 3.05) is 0 Å². The summed E-state index contributed by atoms with van der Waals surface area (Å²) in [7, 11) is 0. The molecule has 0 unspecified atom stereocenters. The van der Waals surface area contributed by atoms with Crippen molar-refractivity contribution in [2.24, 2.45) is 5.92 Å². The maximum absolute atomic E-state index is 13.5. The van der Waals surface area contributed by atoms with Crippen LogP contribution in [0.5, 0.6) is 11.5 Å². The van der Waals surface area contributed by atoms with Crippen LogP contribution in [0.2, 0.25) is 0 Å². The SMILES string of the molecule is O=C(O)c1ccc([C@H]2c3c(c4ccccc4oc3=O)OC(=O)[C@@H]2C(=O)c2ccccc2O)cc1. The largest absolute Gasteiger partial charge is 0.507 e. The van der Waals surface area contributed by atoms with Crippen LogP contribution < -0.4 is 10.4 Å². The van der Waals surface area contributed by atoms with Gasteiger partial charge in [0.2, 0.25) is 0 Å². The number of aromatic hydroxyl groups is 1. The van der Waals surface area contributed by atoms with Gasteiger partial charge in [0.15, 0.2) is 11.5 Å². The third kappa shape index (κ3) is 3.32. The molecule has 1 aliphatic heterocycles. The van der Waals surface area contributed by atoms with Gasteiger partial charge < -0.3 is 19.4 Å². The fraction of sp³-hybridized carbons (Fsp3) is 0.0769. The molecule has 0 fully saturated rings. The summed E-state index contributed by atoms with van der Waals surface area (Å²) in [6.45, 7) is 0. The van der Waals surface area contributed by atoms with Crippen molar-refractivity contribution < 1.29 is 33.8 Å². The average Bonchev–Trinajstić information content (AvgIpc) is 2.83. The highest BCUT2D eigenvalue weighted by Crippen LogP contribution is 2.45. The molecule has 8 heteroatoms. The highest BCUT2D eigenvalue weighted by molar-refractivity contribution is 6.12. The highest BCUT2D eigenvalue weighted by atomic mass is 16.5. The second-order valence-electron chi connectivity index (χ2n) is 7.81. The molecule has 0 bridgehead atoms. The molecule has 1 aliphatic rings. The fourth-order valence-corrected chi connectivity index (χ4v) is 4.28. The molecule has 3 aromatic carbocycles. The highest BCUT2D eigenvalue weighted by Gasteiger charge is 2.47. The number of carboxylic acid groups (broad SMARTS) is 1. The predicted octanol–water partition coefficient (Wildman–Crippen LogP) is 3.75. The number of para-hydroxylation sites is 2. The van der Waals surface area contributed by atoms with Crippen LogP contribution in [0, 0.1) is 5.92 Å². The molecule has 5 rings (SSSR count). The predicted molar refractivity (Wildman–Crippen MR) is 119 cm³/mol. The molecule has 0 radical (unpaired) electrons. The van der Waals surface area contributed by atoms with Crippen molar-refractivity contribution in [3.05, 3.63) is 105 Å². The Bertz CT molecular complexity index is 1530. The standard InChI is InChI=1S/C26H16O8/c27-17-7-3-1-5-15(17)22(28)20-19(13-9-11-14(12-10-13)24(29)30)21-23(34-25(20)31)16-6-2-4-8-18(16)33-26(21)32/h1-12,19-20,27H,(H,29,30)/t19-,20+/m1/s1. The van der Waals surface area contributed by atoms with Crippen molar-refractivity contribution >= 4 is 28.7 Å². The van der Waals surface area contributed by atoms with Crippen LogP contribution >= 0.6 is 0 Å². The smallest absolute Gasteiger partial charge is 0.343 e. The van der Waals surface area contributed by atoms with Crippen LogP contribution in [0.4, 0.5) is 0 Å². The molecule has 0 aliphatic carbocycles. The Labute approximate surface area is 191 Å². The van der Waals surface area contributed by atoms with Crippen molar-refractivity contribution in [1.29, 1.82) is 0 Å². The first kappa shape index (κ1) is 21.1. The van der Waals surface area contributed by atoms with E-state index >= 15 is 0 Å². The lowest BCUT2D eigenvalue weighted by Gasteiger charge is -2.31. The number of rotatable bonds is 4. The van der Waals surface area contributed by atoms with Gasteiger partial charge in [-0.1, -0.05) is 36.4 Å². The van der Waals surface area contributed by atoms with Gasteiger partial charge in [0, 0.05) is 5.92 Å². The Balaban J connectivity index is 1.77. The number of aromatic carboxylic acids is 1. The molecule has 0 saturated carbocycles.